The molecule has 0 aliphatic heterocycles. The first-order chi connectivity index (χ1) is 8.83. The zero-order valence-corrected chi connectivity index (χ0v) is 13.2. The van der Waals surface area contributed by atoms with E-state index < -0.39 is 9.84 Å². The molecule has 0 aliphatic carbocycles. The highest BCUT2D eigenvalue weighted by atomic mass is 32.2. The van der Waals surface area contributed by atoms with Crippen molar-refractivity contribution in [1.29, 1.82) is 0 Å². The summed E-state index contributed by atoms with van der Waals surface area (Å²) in [5.74, 6) is 0.224. The van der Waals surface area contributed by atoms with E-state index >= 15 is 0 Å². The molecule has 0 spiro atoms. The molecule has 108 valence electrons. The molecular weight excluding hydrogens is 258 g/mol. The molecule has 0 heterocycles. The van der Waals surface area contributed by atoms with Crippen LogP contribution in [0.1, 0.15) is 42.5 Å². The molecule has 0 fully saturated rings. The minimum atomic E-state index is -2.92. The van der Waals surface area contributed by atoms with Gasteiger partial charge in [-0.3, -0.25) is 0 Å². The Hall–Kier alpha value is -0.870. The zero-order chi connectivity index (χ0) is 14.5. The van der Waals surface area contributed by atoms with Gasteiger partial charge >= 0.3 is 0 Å². The molecule has 0 aliphatic rings. The van der Waals surface area contributed by atoms with Gasteiger partial charge < -0.3 is 5.32 Å². The quantitative estimate of drug-likeness (QED) is 0.837. The number of hydrogen-bond acceptors (Lipinski definition) is 3. The summed E-state index contributed by atoms with van der Waals surface area (Å²) >= 11 is 0. The number of aryl methyl sites for hydroxylation is 2. The molecule has 3 nitrogen and oxygen atoms in total. The summed E-state index contributed by atoms with van der Waals surface area (Å²) in [6.07, 6.45) is 2.97. The van der Waals surface area contributed by atoms with Crippen molar-refractivity contribution in [2.45, 2.75) is 39.7 Å². The van der Waals surface area contributed by atoms with Crippen LogP contribution < -0.4 is 5.32 Å². The van der Waals surface area contributed by atoms with Gasteiger partial charge in [-0.15, -0.1) is 0 Å². The Kier molecular flexibility index (Phi) is 6.01. The first-order valence-electron chi connectivity index (χ1n) is 6.81. The van der Waals surface area contributed by atoms with Crippen LogP contribution in [0, 0.1) is 13.8 Å². The van der Waals surface area contributed by atoms with E-state index in [9.17, 15) is 8.42 Å². The van der Waals surface area contributed by atoms with E-state index in [0.29, 0.717) is 6.42 Å². The van der Waals surface area contributed by atoms with Crippen LogP contribution in [0.4, 0.5) is 0 Å². The molecule has 1 aromatic carbocycles. The van der Waals surface area contributed by atoms with Crippen molar-refractivity contribution >= 4 is 9.84 Å². The lowest BCUT2D eigenvalue weighted by molar-refractivity contribution is 0.511. The molecule has 0 radical (unpaired) electrons. The van der Waals surface area contributed by atoms with Crippen molar-refractivity contribution in [2.75, 3.05) is 18.6 Å². The van der Waals surface area contributed by atoms with E-state index in [4.69, 9.17) is 0 Å². The van der Waals surface area contributed by atoms with Crippen molar-refractivity contribution in [1.82, 2.24) is 5.32 Å². The summed E-state index contributed by atoms with van der Waals surface area (Å²) in [5.41, 5.74) is 3.65. The van der Waals surface area contributed by atoms with Gasteiger partial charge in [-0.05, 0) is 44.4 Å². The minimum Gasteiger partial charge on any atom is -0.310 e. The molecule has 0 amide bonds. The maximum absolute atomic E-state index is 11.4. The van der Waals surface area contributed by atoms with Crippen molar-refractivity contribution in [3.8, 4) is 0 Å². The Balaban J connectivity index is 2.91. The van der Waals surface area contributed by atoms with Gasteiger partial charge in [-0.2, -0.15) is 0 Å². The fourth-order valence-electron chi connectivity index (χ4n) is 2.15. The van der Waals surface area contributed by atoms with Crippen LogP contribution in [-0.2, 0) is 9.84 Å². The van der Waals surface area contributed by atoms with Gasteiger partial charge in [-0.25, -0.2) is 8.42 Å². The highest BCUT2D eigenvalue weighted by molar-refractivity contribution is 7.90. The maximum Gasteiger partial charge on any atom is 0.147 e. The lowest BCUT2D eigenvalue weighted by Gasteiger charge is -2.21. The molecular formula is C15H25NO2S. The minimum absolute atomic E-state index is 0.120. The molecule has 1 aromatic rings. The Bertz CT molecular complexity index is 509. The van der Waals surface area contributed by atoms with E-state index in [1.807, 2.05) is 0 Å². The Labute approximate surface area is 117 Å². The number of rotatable bonds is 7. The van der Waals surface area contributed by atoms with Gasteiger partial charge in [0.15, 0.2) is 0 Å². The smallest absolute Gasteiger partial charge is 0.147 e. The largest absolute Gasteiger partial charge is 0.310 e. The van der Waals surface area contributed by atoms with Crippen molar-refractivity contribution < 1.29 is 8.42 Å². The molecule has 0 bridgehead atoms. The average Bonchev–Trinajstić information content (AvgIpc) is 2.32. The van der Waals surface area contributed by atoms with Crippen molar-refractivity contribution in [3.63, 3.8) is 0 Å². The van der Waals surface area contributed by atoms with Crippen molar-refractivity contribution in [3.05, 3.63) is 34.9 Å². The van der Waals surface area contributed by atoms with Crippen LogP contribution in [0.2, 0.25) is 0 Å². The van der Waals surface area contributed by atoms with Crippen molar-refractivity contribution in [2.24, 2.45) is 0 Å². The van der Waals surface area contributed by atoms with E-state index in [-0.39, 0.29) is 11.8 Å². The van der Waals surface area contributed by atoms with Gasteiger partial charge in [0.1, 0.15) is 9.84 Å². The fourth-order valence-corrected chi connectivity index (χ4v) is 2.82. The first-order valence-corrected chi connectivity index (χ1v) is 8.88. The number of sulfone groups is 1. The highest BCUT2D eigenvalue weighted by Crippen LogP contribution is 2.22. The predicted molar refractivity (Wildman–Crippen MR) is 81.3 cm³/mol. The topological polar surface area (TPSA) is 46.2 Å². The first kappa shape index (κ1) is 16.2. The summed E-state index contributed by atoms with van der Waals surface area (Å²) < 4.78 is 22.7. The third-order valence-corrected chi connectivity index (χ3v) is 4.21. The Morgan fingerprint density at radius 2 is 1.95 bits per heavy atom. The van der Waals surface area contributed by atoms with Crippen LogP contribution in [0.25, 0.3) is 0 Å². The third-order valence-electron chi connectivity index (χ3n) is 3.23. The lowest BCUT2D eigenvalue weighted by atomic mass is 9.97. The predicted octanol–water partition coefficient (Wildman–Crippen LogP) is 2.78. The number of hydrogen-bond donors (Lipinski definition) is 1. The normalized spacial score (nSPS) is 13.5. The molecule has 4 heteroatoms. The summed E-state index contributed by atoms with van der Waals surface area (Å²) in [6, 6.07) is 6.47. The van der Waals surface area contributed by atoms with Gasteiger partial charge in [0.05, 0.1) is 5.75 Å². The molecule has 1 rings (SSSR count). The van der Waals surface area contributed by atoms with Gasteiger partial charge in [0.2, 0.25) is 0 Å². The number of nitrogens with one attached hydrogen (secondary N) is 1. The molecule has 0 saturated carbocycles. The molecule has 1 atom stereocenters. The third kappa shape index (κ3) is 5.74. The molecule has 19 heavy (non-hydrogen) atoms. The van der Waals surface area contributed by atoms with Crippen LogP contribution >= 0.6 is 0 Å². The summed E-state index contributed by atoms with van der Waals surface area (Å²) in [7, 11) is -2.92. The second-order valence-electron chi connectivity index (χ2n) is 5.29. The van der Waals surface area contributed by atoms with Crippen LogP contribution in [0.15, 0.2) is 18.2 Å². The SMILES string of the molecule is CCCNC(CCS(C)(=O)=O)c1cc(C)ccc1C. The highest BCUT2D eigenvalue weighted by Gasteiger charge is 2.15. The van der Waals surface area contributed by atoms with E-state index in [0.717, 1.165) is 13.0 Å². The van der Waals surface area contributed by atoms with Gasteiger partial charge in [0.25, 0.3) is 0 Å². The maximum atomic E-state index is 11.4. The monoisotopic (exact) mass is 283 g/mol. The second-order valence-corrected chi connectivity index (χ2v) is 7.55. The van der Waals surface area contributed by atoms with Crippen LogP contribution in [0.3, 0.4) is 0 Å². The van der Waals surface area contributed by atoms with Gasteiger partial charge in [0, 0.05) is 12.3 Å². The van der Waals surface area contributed by atoms with Crippen LogP contribution in [0.5, 0.6) is 0 Å². The van der Waals surface area contributed by atoms with Crippen LogP contribution in [-0.4, -0.2) is 27.0 Å². The molecule has 0 saturated heterocycles. The summed E-state index contributed by atoms with van der Waals surface area (Å²) in [5, 5.41) is 3.46. The van der Waals surface area contributed by atoms with E-state index in [1.165, 1.54) is 22.9 Å². The Morgan fingerprint density at radius 1 is 1.26 bits per heavy atom. The number of benzene rings is 1. The van der Waals surface area contributed by atoms with E-state index in [1.54, 1.807) is 0 Å². The average molecular weight is 283 g/mol. The molecule has 0 aromatic heterocycles. The lowest BCUT2D eigenvalue weighted by Crippen LogP contribution is -2.25. The summed E-state index contributed by atoms with van der Waals surface area (Å²) in [6.45, 7) is 7.16. The fraction of sp³-hybridized carbons (Fsp3) is 0.600. The zero-order valence-electron chi connectivity index (χ0n) is 12.4. The van der Waals surface area contributed by atoms with Gasteiger partial charge in [-0.1, -0.05) is 30.7 Å². The molecule has 1 N–H and O–H groups in total. The second kappa shape index (κ2) is 7.06. The standard InChI is InChI=1S/C15H25NO2S/c1-5-9-16-15(8-10-19(4,17)18)14-11-12(2)6-7-13(14)3/h6-7,11,15-16H,5,8-10H2,1-4H3. The molecule has 1 unspecified atom stereocenters. The Morgan fingerprint density at radius 3 is 2.53 bits per heavy atom. The van der Waals surface area contributed by atoms with E-state index in [2.05, 4.69) is 44.3 Å². The summed E-state index contributed by atoms with van der Waals surface area (Å²) in [4.78, 5) is 0.